The van der Waals surface area contributed by atoms with Crippen LogP contribution >= 0.6 is 11.6 Å². The van der Waals surface area contributed by atoms with Crippen molar-refractivity contribution in [3.63, 3.8) is 0 Å². The molecule has 0 radical (unpaired) electrons. The summed E-state index contributed by atoms with van der Waals surface area (Å²) in [6.45, 7) is 4.82. The van der Waals surface area contributed by atoms with Crippen molar-refractivity contribution in [2.45, 2.75) is 25.1 Å². The third-order valence-electron chi connectivity index (χ3n) is 2.84. The molecule has 0 spiro atoms. The van der Waals surface area contributed by atoms with Crippen molar-refractivity contribution in [1.82, 2.24) is 4.90 Å². The van der Waals surface area contributed by atoms with Crippen molar-refractivity contribution in [3.8, 4) is 0 Å². The number of carboxylic acid groups (broad SMARTS) is 1. The van der Waals surface area contributed by atoms with Crippen LogP contribution in [0.3, 0.4) is 0 Å². The highest BCUT2D eigenvalue weighted by Gasteiger charge is 2.13. The van der Waals surface area contributed by atoms with Gasteiger partial charge in [-0.05, 0) is 24.1 Å². The van der Waals surface area contributed by atoms with Crippen LogP contribution in [-0.4, -0.2) is 36.1 Å². The molecule has 1 unspecified atom stereocenters. The van der Waals surface area contributed by atoms with Crippen LogP contribution in [0.15, 0.2) is 24.3 Å². The maximum Gasteiger partial charge on any atom is 0.317 e. The van der Waals surface area contributed by atoms with E-state index in [1.807, 2.05) is 12.1 Å². The summed E-state index contributed by atoms with van der Waals surface area (Å²) in [5.41, 5.74) is 2.31. The smallest absolute Gasteiger partial charge is 0.317 e. The average Bonchev–Trinajstić information content (AvgIpc) is 2.27. The first kappa shape index (κ1) is 15.0. The lowest BCUT2D eigenvalue weighted by Crippen LogP contribution is -2.28. The van der Waals surface area contributed by atoms with Crippen molar-refractivity contribution in [2.75, 3.05) is 20.1 Å². The molecule has 1 aromatic rings. The molecule has 0 bridgehead atoms. The highest BCUT2D eigenvalue weighted by molar-refractivity contribution is 6.21. The molecule has 0 aliphatic heterocycles. The van der Waals surface area contributed by atoms with Gasteiger partial charge in [-0.2, -0.15) is 0 Å². The summed E-state index contributed by atoms with van der Waals surface area (Å²) >= 11 is 6.28. The van der Waals surface area contributed by atoms with Crippen LogP contribution in [0, 0.1) is 0 Å². The Labute approximate surface area is 113 Å². The highest BCUT2D eigenvalue weighted by atomic mass is 35.5. The van der Waals surface area contributed by atoms with E-state index in [2.05, 4.69) is 26.0 Å². The van der Waals surface area contributed by atoms with Gasteiger partial charge in [-0.15, -0.1) is 11.6 Å². The Morgan fingerprint density at radius 1 is 1.28 bits per heavy atom. The second-order valence-corrected chi connectivity index (χ2v) is 5.41. The number of carboxylic acids is 1. The molecule has 0 saturated carbocycles. The van der Waals surface area contributed by atoms with Gasteiger partial charge in [-0.25, -0.2) is 0 Å². The quantitative estimate of drug-likeness (QED) is 0.807. The van der Waals surface area contributed by atoms with E-state index in [0.717, 1.165) is 5.56 Å². The minimum absolute atomic E-state index is 0.00724. The highest BCUT2D eigenvalue weighted by Crippen LogP contribution is 2.23. The van der Waals surface area contributed by atoms with Crippen LogP contribution in [-0.2, 0) is 4.79 Å². The number of rotatable bonds is 6. The summed E-state index contributed by atoms with van der Waals surface area (Å²) in [5, 5.41) is 8.50. The van der Waals surface area contributed by atoms with Gasteiger partial charge in [0.05, 0.1) is 11.9 Å². The van der Waals surface area contributed by atoms with Gasteiger partial charge in [0, 0.05) is 6.54 Å². The number of nitrogens with zero attached hydrogens (tertiary/aromatic N) is 1. The Kier molecular flexibility index (Phi) is 5.63. The minimum Gasteiger partial charge on any atom is -0.480 e. The Balaban J connectivity index is 2.61. The molecule has 1 N–H and O–H groups in total. The second-order valence-electron chi connectivity index (χ2n) is 4.88. The second kappa shape index (κ2) is 6.76. The number of hydrogen-bond donors (Lipinski definition) is 1. The predicted octanol–water partition coefficient (Wildman–Crippen LogP) is 3.11. The van der Waals surface area contributed by atoms with Crippen molar-refractivity contribution in [3.05, 3.63) is 35.4 Å². The fourth-order valence-electron chi connectivity index (χ4n) is 1.76. The van der Waals surface area contributed by atoms with E-state index >= 15 is 0 Å². The predicted molar refractivity (Wildman–Crippen MR) is 74.3 cm³/mol. The fraction of sp³-hybridized carbons (Fsp3) is 0.500. The van der Waals surface area contributed by atoms with Gasteiger partial charge in [0.1, 0.15) is 0 Å². The van der Waals surface area contributed by atoms with Crippen LogP contribution in [0.2, 0.25) is 0 Å². The molecule has 0 aliphatic rings. The van der Waals surface area contributed by atoms with E-state index in [4.69, 9.17) is 16.7 Å². The van der Waals surface area contributed by atoms with Gasteiger partial charge >= 0.3 is 5.97 Å². The standard InChI is InChI=1S/C14H20ClNO2/c1-10(2)11-4-6-12(7-5-11)13(15)8-16(3)9-14(17)18/h4-7,10,13H,8-9H2,1-3H3,(H,17,18). The molecular weight excluding hydrogens is 250 g/mol. The molecule has 100 valence electrons. The Morgan fingerprint density at radius 3 is 2.22 bits per heavy atom. The molecular formula is C14H20ClNO2. The first-order valence-corrected chi connectivity index (χ1v) is 6.48. The number of hydrogen-bond acceptors (Lipinski definition) is 2. The normalized spacial score (nSPS) is 13.0. The molecule has 3 nitrogen and oxygen atoms in total. The lowest BCUT2D eigenvalue weighted by molar-refractivity contribution is -0.137. The zero-order chi connectivity index (χ0) is 13.7. The summed E-state index contributed by atoms with van der Waals surface area (Å²) in [7, 11) is 1.76. The van der Waals surface area contributed by atoms with Crippen LogP contribution < -0.4 is 0 Å². The number of likely N-dealkylation sites (N-methyl/N-ethyl adjacent to an activating group) is 1. The first-order chi connectivity index (χ1) is 8.40. The van der Waals surface area contributed by atoms with Crippen molar-refractivity contribution in [2.24, 2.45) is 0 Å². The zero-order valence-corrected chi connectivity index (χ0v) is 11.8. The van der Waals surface area contributed by atoms with Gasteiger partial charge < -0.3 is 5.11 Å². The van der Waals surface area contributed by atoms with E-state index in [0.29, 0.717) is 12.5 Å². The third kappa shape index (κ3) is 4.67. The minimum atomic E-state index is -0.837. The van der Waals surface area contributed by atoms with Crippen LogP contribution in [0.5, 0.6) is 0 Å². The SMILES string of the molecule is CC(C)c1ccc(C(Cl)CN(C)CC(=O)O)cc1. The Hall–Kier alpha value is -1.06. The third-order valence-corrected chi connectivity index (χ3v) is 3.23. The maximum atomic E-state index is 10.6. The average molecular weight is 270 g/mol. The number of carbonyl (C=O) groups is 1. The van der Waals surface area contributed by atoms with E-state index in [-0.39, 0.29) is 11.9 Å². The lowest BCUT2D eigenvalue weighted by atomic mass is 10.0. The molecule has 1 aromatic carbocycles. The molecule has 0 aliphatic carbocycles. The molecule has 0 aromatic heterocycles. The summed E-state index contributed by atoms with van der Waals surface area (Å²) in [6.07, 6.45) is 0. The van der Waals surface area contributed by atoms with E-state index in [1.54, 1.807) is 11.9 Å². The van der Waals surface area contributed by atoms with E-state index < -0.39 is 5.97 Å². The number of halogens is 1. The molecule has 0 saturated heterocycles. The molecule has 1 rings (SSSR count). The summed E-state index contributed by atoms with van der Waals surface area (Å²) in [4.78, 5) is 12.3. The van der Waals surface area contributed by atoms with E-state index in [1.165, 1.54) is 5.56 Å². The fourth-order valence-corrected chi connectivity index (χ4v) is 2.15. The van der Waals surface area contributed by atoms with Gasteiger partial charge in [0.15, 0.2) is 0 Å². The van der Waals surface area contributed by atoms with Crippen LogP contribution in [0.25, 0.3) is 0 Å². The summed E-state index contributed by atoms with van der Waals surface area (Å²) in [5.74, 6) is -0.334. The molecule has 18 heavy (non-hydrogen) atoms. The number of aliphatic carboxylic acids is 1. The van der Waals surface area contributed by atoms with Gasteiger partial charge in [0.2, 0.25) is 0 Å². The molecule has 4 heteroatoms. The summed E-state index contributed by atoms with van der Waals surface area (Å²) < 4.78 is 0. The lowest BCUT2D eigenvalue weighted by Gasteiger charge is -2.18. The van der Waals surface area contributed by atoms with Crippen molar-refractivity contribution >= 4 is 17.6 Å². The van der Waals surface area contributed by atoms with Crippen LogP contribution in [0.1, 0.15) is 36.3 Å². The van der Waals surface area contributed by atoms with Gasteiger partial charge in [0.25, 0.3) is 0 Å². The van der Waals surface area contributed by atoms with Crippen molar-refractivity contribution in [1.29, 1.82) is 0 Å². The molecule has 1 atom stereocenters. The number of benzene rings is 1. The van der Waals surface area contributed by atoms with Gasteiger partial charge in [-0.1, -0.05) is 38.1 Å². The van der Waals surface area contributed by atoms with Crippen LogP contribution in [0.4, 0.5) is 0 Å². The van der Waals surface area contributed by atoms with Crippen molar-refractivity contribution < 1.29 is 9.90 Å². The first-order valence-electron chi connectivity index (χ1n) is 6.04. The maximum absolute atomic E-state index is 10.6. The largest absolute Gasteiger partial charge is 0.480 e. The summed E-state index contributed by atoms with van der Waals surface area (Å²) in [6, 6.07) is 8.18. The Morgan fingerprint density at radius 2 is 1.78 bits per heavy atom. The molecule has 0 fully saturated rings. The topological polar surface area (TPSA) is 40.5 Å². The zero-order valence-electron chi connectivity index (χ0n) is 11.1. The van der Waals surface area contributed by atoms with Gasteiger partial charge in [-0.3, -0.25) is 9.69 Å². The number of alkyl halides is 1. The monoisotopic (exact) mass is 269 g/mol. The molecule has 0 heterocycles. The molecule has 0 amide bonds. The Bertz CT molecular complexity index is 389. The van der Waals surface area contributed by atoms with E-state index in [9.17, 15) is 4.79 Å².